The monoisotopic (exact) mass is 701 g/mol. The Hall–Kier alpha value is -3.53. The van der Waals surface area contributed by atoms with Gasteiger partial charge < -0.3 is 4.90 Å². The fraction of sp³-hybridized carbons (Fsp3) is 0.375. The smallest absolute Gasteiger partial charge is 0.0468 e. The summed E-state index contributed by atoms with van der Waals surface area (Å²) in [5.41, 5.74) is 10.5. The number of fused-ring (bicyclic) bond motifs is 6. The molecular weight excluding hydrogens is 655 g/mol. The van der Waals surface area contributed by atoms with Crippen LogP contribution in [0.3, 0.4) is 0 Å². The highest BCUT2D eigenvalue weighted by molar-refractivity contribution is 7.99. The molecule has 3 heteroatoms. The molecule has 4 fully saturated rings. The minimum absolute atomic E-state index is 0.113. The molecule has 1 spiro atoms. The Morgan fingerprint density at radius 1 is 0.510 bits per heavy atom. The highest BCUT2D eigenvalue weighted by Crippen LogP contribution is 2.69. The summed E-state index contributed by atoms with van der Waals surface area (Å²) in [5, 5.41) is 2.72. The van der Waals surface area contributed by atoms with Crippen LogP contribution < -0.4 is 4.90 Å². The van der Waals surface area contributed by atoms with Crippen LogP contribution in [0.5, 0.6) is 0 Å². The predicted octanol–water partition coefficient (Wildman–Crippen LogP) is 14.1. The van der Waals surface area contributed by atoms with E-state index in [4.69, 9.17) is 0 Å². The highest BCUT2D eigenvalue weighted by Gasteiger charge is 2.60. The van der Waals surface area contributed by atoms with Gasteiger partial charge in [0, 0.05) is 52.4 Å². The molecule has 1 aromatic heterocycles. The quantitative estimate of drug-likeness (QED) is 0.181. The first-order chi connectivity index (χ1) is 24.7. The van der Waals surface area contributed by atoms with Gasteiger partial charge in [-0.05, 0) is 162 Å². The normalized spacial score (nSPS) is 27.8. The van der Waals surface area contributed by atoms with E-state index in [1.165, 1.54) is 103 Å². The molecule has 5 aliphatic carbocycles. The van der Waals surface area contributed by atoms with E-state index in [9.17, 15) is 0 Å². The van der Waals surface area contributed by atoms with Crippen molar-refractivity contribution in [1.29, 1.82) is 0 Å². The van der Waals surface area contributed by atoms with Gasteiger partial charge in [0.25, 0.3) is 0 Å². The largest absolute Gasteiger partial charge is 0.310 e. The third-order valence-electron chi connectivity index (χ3n) is 14.4. The Balaban J connectivity index is 1.15. The number of rotatable bonds is 3. The van der Waals surface area contributed by atoms with Gasteiger partial charge in [0.2, 0.25) is 0 Å². The van der Waals surface area contributed by atoms with E-state index in [0.29, 0.717) is 0 Å². The summed E-state index contributed by atoms with van der Waals surface area (Å²) in [5.74, 6) is 3.33. The Morgan fingerprint density at radius 3 is 1.88 bits per heavy atom. The lowest BCUT2D eigenvalue weighted by Crippen LogP contribution is -2.57. The molecule has 0 saturated heterocycles. The SMILES string of the molecule is CC1(C)CCC(C)(C)c2cc(N(c3ccc4c(c3)C3(c5ccccc5S4)C4CC5CC(C4)CC3C5)c3ccc4sc5ccccc5c4c3)ccc21. The van der Waals surface area contributed by atoms with E-state index >= 15 is 0 Å². The second-order valence-electron chi connectivity index (χ2n) is 18.1. The maximum Gasteiger partial charge on any atom is 0.0468 e. The van der Waals surface area contributed by atoms with Crippen molar-refractivity contribution in [3.05, 3.63) is 125 Å². The number of benzene rings is 5. The second-order valence-corrected chi connectivity index (χ2v) is 20.2. The van der Waals surface area contributed by atoms with Crippen LogP contribution in [0.2, 0.25) is 0 Å². The standard InChI is InChI=1S/C48H47NS2/c1-46(2)19-20-47(3,4)40-27-34(13-16-38(40)46)49(33-14-17-43-37(26-33)36-9-5-7-11-42(36)50-43)35-15-18-45-41(28-35)48(39-10-6-8-12-44(39)51-45)31-22-29-21-30(24-31)25-32(48)23-29/h5-18,26-32H,19-25H2,1-4H3. The summed E-state index contributed by atoms with van der Waals surface area (Å²) in [6, 6.07) is 40.8. The molecule has 0 unspecified atom stereocenters. The van der Waals surface area contributed by atoms with Crippen molar-refractivity contribution in [1.82, 2.24) is 0 Å². The minimum Gasteiger partial charge on any atom is -0.310 e. The first-order valence-corrected chi connectivity index (χ1v) is 21.1. The fourth-order valence-corrected chi connectivity index (χ4v) is 14.3. The zero-order valence-corrected chi connectivity index (χ0v) is 32.0. The molecule has 5 aromatic carbocycles. The van der Waals surface area contributed by atoms with Gasteiger partial charge in [0.05, 0.1) is 0 Å². The zero-order valence-electron chi connectivity index (χ0n) is 30.3. The first kappa shape index (κ1) is 31.0. The molecule has 0 amide bonds. The molecule has 0 N–H and O–H groups in total. The number of hydrogen-bond acceptors (Lipinski definition) is 3. The van der Waals surface area contributed by atoms with Gasteiger partial charge in [-0.2, -0.15) is 0 Å². The van der Waals surface area contributed by atoms with E-state index in [1.807, 2.05) is 23.1 Å². The van der Waals surface area contributed by atoms with Gasteiger partial charge in [-0.3, -0.25) is 0 Å². The van der Waals surface area contributed by atoms with Crippen LogP contribution in [0, 0.1) is 23.7 Å². The Kier molecular flexibility index (Phi) is 6.55. The van der Waals surface area contributed by atoms with Crippen molar-refractivity contribution in [2.45, 2.75) is 98.7 Å². The van der Waals surface area contributed by atoms with Crippen molar-refractivity contribution in [3.63, 3.8) is 0 Å². The molecule has 0 atom stereocenters. The summed E-state index contributed by atoms with van der Waals surface area (Å²) in [4.78, 5) is 5.59. The third kappa shape index (κ3) is 4.40. The topological polar surface area (TPSA) is 3.24 Å². The van der Waals surface area contributed by atoms with Crippen LogP contribution in [0.25, 0.3) is 20.2 Å². The molecule has 4 bridgehead atoms. The minimum atomic E-state index is 0.113. The van der Waals surface area contributed by atoms with Crippen LogP contribution in [0.15, 0.2) is 113 Å². The Bertz CT molecular complexity index is 2360. The van der Waals surface area contributed by atoms with Crippen LogP contribution in [0.1, 0.15) is 94.9 Å². The molecule has 12 rings (SSSR count). The van der Waals surface area contributed by atoms with E-state index in [-0.39, 0.29) is 16.2 Å². The van der Waals surface area contributed by atoms with Gasteiger partial charge in [-0.15, -0.1) is 11.3 Å². The summed E-state index contributed by atoms with van der Waals surface area (Å²) in [6.45, 7) is 9.81. The van der Waals surface area contributed by atoms with E-state index in [1.54, 1.807) is 11.1 Å². The third-order valence-corrected chi connectivity index (χ3v) is 16.7. The Labute approximate surface area is 311 Å². The Morgan fingerprint density at radius 2 is 1.10 bits per heavy atom. The van der Waals surface area contributed by atoms with Crippen LogP contribution in [-0.2, 0) is 16.2 Å². The maximum atomic E-state index is 2.67. The molecule has 1 aliphatic heterocycles. The zero-order chi connectivity index (χ0) is 34.3. The van der Waals surface area contributed by atoms with E-state index < -0.39 is 0 Å². The lowest BCUT2D eigenvalue weighted by molar-refractivity contribution is -0.0443. The van der Waals surface area contributed by atoms with Crippen LogP contribution >= 0.6 is 23.1 Å². The van der Waals surface area contributed by atoms with Gasteiger partial charge >= 0.3 is 0 Å². The van der Waals surface area contributed by atoms with Crippen molar-refractivity contribution in [2.24, 2.45) is 23.7 Å². The number of anilines is 3. The van der Waals surface area contributed by atoms with Crippen molar-refractivity contribution in [2.75, 3.05) is 4.90 Å². The fourth-order valence-electron chi connectivity index (χ4n) is 12.1. The lowest BCUT2D eigenvalue weighted by atomic mass is 9.42. The van der Waals surface area contributed by atoms with Gasteiger partial charge in [-0.1, -0.05) is 81.9 Å². The van der Waals surface area contributed by atoms with Crippen molar-refractivity contribution >= 4 is 60.3 Å². The summed E-state index contributed by atoms with van der Waals surface area (Å²) in [6.07, 6.45) is 9.52. The van der Waals surface area contributed by atoms with E-state index in [0.717, 1.165) is 23.7 Å². The number of thiophene rings is 1. The molecule has 1 nitrogen and oxygen atoms in total. The second kappa shape index (κ2) is 10.8. The van der Waals surface area contributed by atoms with Gasteiger partial charge in [0.15, 0.2) is 0 Å². The molecule has 51 heavy (non-hydrogen) atoms. The molecule has 6 aromatic rings. The molecule has 6 aliphatic rings. The van der Waals surface area contributed by atoms with Gasteiger partial charge in [0.1, 0.15) is 0 Å². The highest BCUT2D eigenvalue weighted by atomic mass is 32.2. The number of nitrogens with zero attached hydrogens (tertiary/aromatic N) is 1. The summed E-state index contributed by atoms with van der Waals surface area (Å²) >= 11 is 3.93. The first-order valence-electron chi connectivity index (χ1n) is 19.5. The van der Waals surface area contributed by atoms with E-state index in [2.05, 4.69) is 136 Å². The summed E-state index contributed by atoms with van der Waals surface area (Å²) < 4.78 is 2.72. The van der Waals surface area contributed by atoms with Crippen LogP contribution in [0.4, 0.5) is 17.1 Å². The molecule has 0 radical (unpaired) electrons. The molecule has 256 valence electrons. The van der Waals surface area contributed by atoms with Crippen LogP contribution in [-0.4, -0.2) is 0 Å². The molecule has 2 heterocycles. The number of hydrogen-bond donors (Lipinski definition) is 0. The summed E-state index contributed by atoms with van der Waals surface area (Å²) in [7, 11) is 0. The predicted molar refractivity (Wildman–Crippen MR) is 218 cm³/mol. The average molecular weight is 702 g/mol. The molecule has 4 saturated carbocycles. The average Bonchev–Trinajstić information content (AvgIpc) is 3.50. The molecular formula is C48H47NS2. The van der Waals surface area contributed by atoms with Gasteiger partial charge in [-0.25, -0.2) is 0 Å². The lowest BCUT2D eigenvalue weighted by Gasteiger charge is -2.63. The van der Waals surface area contributed by atoms with Crippen molar-refractivity contribution in [3.8, 4) is 0 Å². The maximum absolute atomic E-state index is 2.67. The van der Waals surface area contributed by atoms with Crippen molar-refractivity contribution < 1.29 is 0 Å².